The molecule has 3 heterocycles. The Morgan fingerprint density at radius 3 is 2.73 bits per heavy atom. The molecule has 0 aliphatic carbocycles. The molecule has 0 spiro atoms. The van der Waals surface area contributed by atoms with Gasteiger partial charge >= 0.3 is 0 Å². The second kappa shape index (κ2) is 6.30. The third kappa shape index (κ3) is 3.03. The molecular weight excluding hydrogens is 276 g/mol. The average Bonchev–Trinajstić information content (AvgIpc) is 2.86. The Labute approximate surface area is 131 Å². The molecule has 5 nitrogen and oxygen atoms in total. The predicted molar refractivity (Wildman–Crippen MR) is 84.6 cm³/mol. The lowest BCUT2D eigenvalue weighted by atomic mass is 10.0. The van der Waals surface area contributed by atoms with Crippen LogP contribution in [0.1, 0.15) is 41.0 Å². The number of nitrogens with zero attached hydrogens (tertiary/aromatic N) is 4. The molecule has 1 fully saturated rings. The van der Waals surface area contributed by atoms with Crippen LogP contribution in [0.5, 0.6) is 0 Å². The van der Waals surface area contributed by atoms with E-state index in [2.05, 4.69) is 23.1 Å². The molecule has 2 aromatic heterocycles. The highest BCUT2D eigenvalue weighted by atomic mass is 16.2. The lowest BCUT2D eigenvalue weighted by molar-refractivity contribution is 0.0582. The highest BCUT2D eigenvalue weighted by Crippen LogP contribution is 2.21. The standard InChI is InChI=1S/C17H22N4O/c1-13-11-14(2)21(19-13)12-16-5-3-4-10-20(16)17(22)15-6-8-18-9-7-15/h6-9,11,16H,3-5,10,12H2,1-2H3. The van der Waals surface area contributed by atoms with E-state index >= 15 is 0 Å². The maximum absolute atomic E-state index is 12.8. The minimum atomic E-state index is 0.105. The number of rotatable bonds is 3. The number of piperidine rings is 1. The number of hydrogen-bond acceptors (Lipinski definition) is 3. The van der Waals surface area contributed by atoms with Crippen LogP contribution in [0.2, 0.25) is 0 Å². The van der Waals surface area contributed by atoms with Crippen LogP contribution in [-0.2, 0) is 6.54 Å². The molecule has 0 aromatic carbocycles. The zero-order valence-electron chi connectivity index (χ0n) is 13.2. The van der Waals surface area contributed by atoms with Crippen LogP contribution in [0.3, 0.4) is 0 Å². The van der Waals surface area contributed by atoms with Crippen LogP contribution in [0, 0.1) is 13.8 Å². The van der Waals surface area contributed by atoms with Crippen molar-refractivity contribution >= 4 is 5.91 Å². The summed E-state index contributed by atoms with van der Waals surface area (Å²) in [6, 6.07) is 5.87. The van der Waals surface area contributed by atoms with Crippen molar-refractivity contribution in [2.45, 2.75) is 45.7 Å². The number of carbonyl (C=O) groups excluding carboxylic acids is 1. The Hall–Kier alpha value is -2.17. The second-order valence-corrected chi connectivity index (χ2v) is 5.99. The molecule has 1 saturated heterocycles. The highest BCUT2D eigenvalue weighted by molar-refractivity contribution is 5.94. The number of amides is 1. The van der Waals surface area contributed by atoms with E-state index in [-0.39, 0.29) is 11.9 Å². The molecule has 0 radical (unpaired) electrons. The van der Waals surface area contributed by atoms with E-state index in [0.717, 1.165) is 42.9 Å². The summed E-state index contributed by atoms with van der Waals surface area (Å²) in [5.74, 6) is 0.105. The molecule has 0 N–H and O–H groups in total. The number of aryl methyl sites for hydroxylation is 2. The molecule has 22 heavy (non-hydrogen) atoms. The maximum atomic E-state index is 12.8. The zero-order chi connectivity index (χ0) is 15.5. The molecule has 0 saturated carbocycles. The van der Waals surface area contributed by atoms with E-state index in [1.54, 1.807) is 24.5 Å². The van der Waals surface area contributed by atoms with Gasteiger partial charge in [0.2, 0.25) is 0 Å². The molecule has 2 aromatic rings. The number of pyridine rings is 1. The summed E-state index contributed by atoms with van der Waals surface area (Å²) < 4.78 is 2.03. The number of hydrogen-bond donors (Lipinski definition) is 0. The topological polar surface area (TPSA) is 51.0 Å². The first kappa shape index (κ1) is 14.8. The third-order valence-electron chi connectivity index (χ3n) is 4.30. The van der Waals surface area contributed by atoms with Gasteiger partial charge in [-0.15, -0.1) is 0 Å². The van der Waals surface area contributed by atoms with Crippen molar-refractivity contribution in [2.75, 3.05) is 6.54 Å². The lowest BCUT2D eigenvalue weighted by Gasteiger charge is -2.36. The summed E-state index contributed by atoms with van der Waals surface area (Å²) in [4.78, 5) is 18.8. The van der Waals surface area contributed by atoms with Crippen molar-refractivity contribution in [3.8, 4) is 0 Å². The van der Waals surface area contributed by atoms with Crippen LogP contribution in [-0.4, -0.2) is 38.2 Å². The van der Waals surface area contributed by atoms with E-state index in [0.29, 0.717) is 0 Å². The summed E-state index contributed by atoms with van der Waals surface area (Å²) in [6.07, 6.45) is 6.63. The highest BCUT2D eigenvalue weighted by Gasteiger charge is 2.28. The first-order chi connectivity index (χ1) is 10.6. The fraction of sp³-hybridized carbons (Fsp3) is 0.471. The normalized spacial score (nSPS) is 18.5. The molecule has 116 valence electrons. The fourth-order valence-corrected chi connectivity index (χ4v) is 3.18. The molecule has 1 aliphatic heterocycles. The number of carbonyl (C=O) groups is 1. The van der Waals surface area contributed by atoms with Crippen molar-refractivity contribution in [1.29, 1.82) is 0 Å². The van der Waals surface area contributed by atoms with E-state index in [1.807, 2.05) is 16.5 Å². The third-order valence-corrected chi connectivity index (χ3v) is 4.30. The van der Waals surface area contributed by atoms with Crippen LogP contribution in [0.25, 0.3) is 0 Å². The Morgan fingerprint density at radius 1 is 1.27 bits per heavy atom. The zero-order valence-corrected chi connectivity index (χ0v) is 13.2. The smallest absolute Gasteiger partial charge is 0.254 e. The van der Waals surface area contributed by atoms with Crippen LogP contribution < -0.4 is 0 Å². The average molecular weight is 298 g/mol. The molecule has 1 atom stereocenters. The summed E-state index contributed by atoms with van der Waals surface area (Å²) in [7, 11) is 0. The summed E-state index contributed by atoms with van der Waals surface area (Å²) >= 11 is 0. The van der Waals surface area contributed by atoms with Crippen LogP contribution >= 0.6 is 0 Å². The van der Waals surface area contributed by atoms with Gasteiger partial charge in [-0.25, -0.2) is 0 Å². The molecule has 1 unspecified atom stereocenters. The van der Waals surface area contributed by atoms with E-state index in [4.69, 9.17) is 0 Å². The molecule has 3 rings (SSSR count). The number of likely N-dealkylation sites (tertiary alicyclic amines) is 1. The monoisotopic (exact) mass is 298 g/mol. The van der Waals surface area contributed by atoms with Gasteiger partial charge in [0.1, 0.15) is 0 Å². The fourth-order valence-electron chi connectivity index (χ4n) is 3.18. The molecule has 1 amide bonds. The van der Waals surface area contributed by atoms with Gasteiger partial charge in [0.05, 0.1) is 18.3 Å². The van der Waals surface area contributed by atoms with E-state index in [9.17, 15) is 4.79 Å². The van der Waals surface area contributed by atoms with E-state index < -0.39 is 0 Å². The van der Waals surface area contributed by atoms with Gasteiger partial charge in [0, 0.05) is 30.2 Å². The second-order valence-electron chi connectivity index (χ2n) is 5.99. The van der Waals surface area contributed by atoms with Crippen molar-refractivity contribution in [2.24, 2.45) is 0 Å². The Balaban J connectivity index is 1.79. The van der Waals surface area contributed by atoms with Crippen molar-refractivity contribution in [1.82, 2.24) is 19.7 Å². The van der Waals surface area contributed by atoms with Gasteiger partial charge in [-0.1, -0.05) is 0 Å². The van der Waals surface area contributed by atoms with Crippen molar-refractivity contribution < 1.29 is 4.79 Å². The summed E-state index contributed by atoms with van der Waals surface area (Å²) in [5, 5.41) is 4.54. The first-order valence-corrected chi connectivity index (χ1v) is 7.87. The minimum absolute atomic E-state index is 0.105. The maximum Gasteiger partial charge on any atom is 0.254 e. The molecule has 5 heteroatoms. The Kier molecular flexibility index (Phi) is 4.22. The quantitative estimate of drug-likeness (QED) is 0.875. The predicted octanol–water partition coefficient (Wildman–Crippen LogP) is 2.59. The Morgan fingerprint density at radius 2 is 2.05 bits per heavy atom. The first-order valence-electron chi connectivity index (χ1n) is 7.87. The lowest BCUT2D eigenvalue weighted by Crippen LogP contribution is -2.46. The van der Waals surface area contributed by atoms with Gasteiger partial charge < -0.3 is 4.90 Å². The summed E-state index contributed by atoms with van der Waals surface area (Å²) in [6.45, 7) is 5.67. The summed E-state index contributed by atoms with van der Waals surface area (Å²) in [5.41, 5.74) is 2.90. The number of aromatic nitrogens is 3. The van der Waals surface area contributed by atoms with E-state index in [1.165, 1.54) is 6.42 Å². The SMILES string of the molecule is Cc1cc(C)n(CC2CCCCN2C(=O)c2ccncc2)n1. The Bertz CT molecular complexity index is 650. The van der Waals surface area contributed by atoms with Gasteiger partial charge in [-0.05, 0) is 51.3 Å². The van der Waals surface area contributed by atoms with Crippen LogP contribution in [0.4, 0.5) is 0 Å². The minimum Gasteiger partial charge on any atom is -0.334 e. The van der Waals surface area contributed by atoms with Crippen molar-refractivity contribution in [3.05, 3.63) is 47.5 Å². The van der Waals surface area contributed by atoms with Gasteiger partial charge in [-0.3, -0.25) is 14.5 Å². The largest absolute Gasteiger partial charge is 0.334 e. The van der Waals surface area contributed by atoms with Gasteiger partial charge in [-0.2, -0.15) is 5.10 Å². The molecular formula is C17H22N4O. The van der Waals surface area contributed by atoms with Crippen LogP contribution in [0.15, 0.2) is 30.6 Å². The van der Waals surface area contributed by atoms with Crippen molar-refractivity contribution in [3.63, 3.8) is 0 Å². The van der Waals surface area contributed by atoms with Gasteiger partial charge in [0.25, 0.3) is 5.91 Å². The van der Waals surface area contributed by atoms with Gasteiger partial charge in [0.15, 0.2) is 0 Å². The molecule has 1 aliphatic rings. The molecule has 0 bridgehead atoms.